The van der Waals surface area contributed by atoms with E-state index >= 15 is 0 Å². The van der Waals surface area contributed by atoms with Gasteiger partial charge in [-0.25, -0.2) is 0 Å². The summed E-state index contributed by atoms with van der Waals surface area (Å²) in [6.45, 7) is 0. The van der Waals surface area contributed by atoms with Crippen LogP contribution in [0.15, 0.2) is 21.1 Å². The molecule has 1 aromatic heterocycles. The van der Waals surface area contributed by atoms with Gasteiger partial charge >= 0.3 is 0 Å². The van der Waals surface area contributed by atoms with E-state index in [1.165, 1.54) is 0 Å². The summed E-state index contributed by atoms with van der Waals surface area (Å²) in [5, 5.41) is 12.9. The summed E-state index contributed by atoms with van der Waals surface area (Å²) in [7, 11) is 0. The fourth-order valence-corrected chi connectivity index (χ4v) is 1.62. The van der Waals surface area contributed by atoms with Crippen LogP contribution >= 0.6 is 15.9 Å². The first kappa shape index (κ1) is 8.08. The largest absolute Gasteiger partial charge is 0.380 e. The number of rotatable bonds is 0. The van der Waals surface area contributed by atoms with Crippen LogP contribution in [0.1, 0.15) is 5.56 Å². The molecule has 0 radical (unpaired) electrons. The summed E-state index contributed by atoms with van der Waals surface area (Å²) >= 11 is 3.26. The Balaban J connectivity index is 2.90. The average molecular weight is 238 g/mol. The molecule has 0 bridgehead atoms. The molecule has 0 atom stereocenters. The number of nitrogen functional groups attached to an aromatic ring is 1. The van der Waals surface area contributed by atoms with Gasteiger partial charge in [0.15, 0.2) is 11.4 Å². The molecule has 0 unspecified atom stereocenters. The van der Waals surface area contributed by atoms with E-state index in [2.05, 4.69) is 21.1 Å². The standard InChI is InChI=1S/C8H4BrN3O/c9-6-2-4(3-10)1-5-7(6)13-12-8(5)11/h1-2H,(H2,11,12). The summed E-state index contributed by atoms with van der Waals surface area (Å²) in [4.78, 5) is 0. The Hall–Kier alpha value is -1.54. The van der Waals surface area contributed by atoms with E-state index in [1.807, 2.05) is 6.07 Å². The van der Waals surface area contributed by atoms with Gasteiger partial charge in [0.05, 0.1) is 21.5 Å². The van der Waals surface area contributed by atoms with E-state index in [4.69, 9.17) is 15.5 Å². The number of benzene rings is 1. The lowest BCUT2D eigenvalue weighted by atomic mass is 10.2. The highest BCUT2D eigenvalue weighted by Gasteiger charge is 2.09. The molecule has 64 valence electrons. The minimum absolute atomic E-state index is 0.299. The Kier molecular flexibility index (Phi) is 1.71. The Labute approximate surface area is 82.0 Å². The molecule has 0 spiro atoms. The van der Waals surface area contributed by atoms with Crippen molar-refractivity contribution >= 4 is 32.7 Å². The van der Waals surface area contributed by atoms with Crippen molar-refractivity contribution in [1.82, 2.24) is 5.16 Å². The van der Waals surface area contributed by atoms with Crippen molar-refractivity contribution in [2.75, 3.05) is 5.73 Å². The van der Waals surface area contributed by atoms with E-state index in [-0.39, 0.29) is 0 Å². The third-order valence-electron chi connectivity index (χ3n) is 1.68. The maximum absolute atomic E-state index is 8.69. The third kappa shape index (κ3) is 1.15. The molecule has 0 aliphatic heterocycles. The highest BCUT2D eigenvalue weighted by Crippen LogP contribution is 2.28. The number of hydrogen-bond acceptors (Lipinski definition) is 4. The molecule has 0 aliphatic carbocycles. The van der Waals surface area contributed by atoms with E-state index in [0.717, 1.165) is 0 Å². The Morgan fingerprint density at radius 2 is 2.31 bits per heavy atom. The maximum Gasteiger partial charge on any atom is 0.183 e. The number of aromatic nitrogens is 1. The van der Waals surface area contributed by atoms with Crippen molar-refractivity contribution in [3.05, 3.63) is 22.2 Å². The van der Waals surface area contributed by atoms with Crippen LogP contribution in [0.2, 0.25) is 0 Å². The van der Waals surface area contributed by atoms with E-state index in [9.17, 15) is 0 Å². The molecule has 0 amide bonds. The normalized spacial score (nSPS) is 10.2. The average Bonchev–Trinajstić information content (AvgIpc) is 2.48. The van der Waals surface area contributed by atoms with E-state index in [0.29, 0.717) is 26.8 Å². The van der Waals surface area contributed by atoms with Crippen molar-refractivity contribution in [3.8, 4) is 6.07 Å². The minimum Gasteiger partial charge on any atom is -0.380 e. The van der Waals surface area contributed by atoms with Crippen LogP contribution in [0.4, 0.5) is 5.82 Å². The maximum atomic E-state index is 8.69. The third-order valence-corrected chi connectivity index (χ3v) is 2.27. The van der Waals surface area contributed by atoms with Crippen LogP contribution in [-0.2, 0) is 0 Å². The van der Waals surface area contributed by atoms with Gasteiger partial charge in [0.2, 0.25) is 0 Å². The van der Waals surface area contributed by atoms with Crippen LogP contribution in [0.25, 0.3) is 11.0 Å². The zero-order chi connectivity index (χ0) is 9.42. The van der Waals surface area contributed by atoms with Crippen LogP contribution < -0.4 is 5.73 Å². The monoisotopic (exact) mass is 237 g/mol. The van der Waals surface area contributed by atoms with Crippen molar-refractivity contribution in [1.29, 1.82) is 5.26 Å². The number of nitrogens with zero attached hydrogens (tertiary/aromatic N) is 2. The summed E-state index contributed by atoms with van der Waals surface area (Å²) in [5.74, 6) is 0.299. The number of hydrogen-bond donors (Lipinski definition) is 1. The van der Waals surface area contributed by atoms with E-state index in [1.54, 1.807) is 12.1 Å². The highest BCUT2D eigenvalue weighted by atomic mass is 79.9. The van der Waals surface area contributed by atoms with Crippen molar-refractivity contribution in [3.63, 3.8) is 0 Å². The molecule has 0 aliphatic rings. The zero-order valence-corrected chi connectivity index (χ0v) is 8.00. The fourth-order valence-electron chi connectivity index (χ4n) is 1.09. The SMILES string of the molecule is N#Cc1cc(Br)c2onc(N)c2c1. The molecule has 4 nitrogen and oxygen atoms in total. The molecule has 5 heteroatoms. The van der Waals surface area contributed by atoms with Gasteiger partial charge in [0.25, 0.3) is 0 Å². The van der Waals surface area contributed by atoms with Crippen molar-refractivity contribution < 1.29 is 4.52 Å². The Morgan fingerprint density at radius 3 is 3.00 bits per heavy atom. The Bertz CT molecular complexity index is 512. The topological polar surface area (TPSA) is 75.8 Å². The molecule has 0 saturated carbocycles. The molecule has 2 N–H and O–H groups in total. The van der Waals surface area contributed by atoms with Crippen LogP contribution in [-0.4, -0.2) is 5.16 Å². The van der Waals surface area contributed by atoms with Gasteiger partial charge in [-0.15, -0.1) is 0 Å². The minimum atomic E-state index is 0.299. The van der Waals surface area contributed by atoms with E-state index < -0.39 is 0 Å². The summed E-state index contributed by atoms with van der Waals surface area (Å²) in [5.41, 5.74) is 6.62. The van der Waals surface area contributed by atoms with Crippen molar-refractivity contribution in [2.24, 2.45) is 0 Å². The van der Waals surface area contributed by atoms with Gasteiger partial charge in [-0.3, -0.25) is 0 Å². The van der Waals surface area contributed by atoms with Gasteiger partial charge in [-0.2, -0.15) is 5.26 Å². The quantitative estimate of drug-likeness (QED) is 0.761. The van der Waals surface area contributed by atoms with Gasteiger partial charge in [-0.05, 0) is 28.1 Å². The molecule has 1 heterocycles. The van der Waals surface area contributed by atoms with Crippen LogP contribution in [0.3, 0.4) is 0 Å². The first-order chi connectivity index (χ1) is 6.22. The molecule has 1 aromatic carbocycles. The second-order valence-corrected chi connectivity index (χ2v) is 3.37. The van der Waals surface area contributed by atoms with Gasteiger partial charge < -0.3 is 10.3 Å². The number of nitriles is 1. The molecule has 0 saturated heterocycles. The zero-order valence-electron chi connectivity index (χ0n) is 6.41. The number of nitrogens with two attached hydrogens (primary N) is 1. The van der Waals surface area contributed by atoms with Gasteiger partial charge in [0, 0.05) is 0 Å². The summed E-state index contributed by atoms with van der Waals surface area (Å²) in [6.07, 6.45) is 0. The van der Waals surface area contributed by atoms with Crippen LogP contribution in [0, 0.1) is 11.3 Å². The smallest absolute Gasteiger partial charge is 0.183 e. The Morgan fingerprint density at radius 1 is 1.54 bits per heavy atom. The molecular formula is C8H4BrN3O. The lowest BCUT2D eigenvalue weighted by Gasteiger charge is -1.92. The van der Waals surface area contributed by atoms with Crippen LogP contribution in [0.5, 0.6) is 0 Å². The van der Waals surface area contributed by atoms with Crippen molar-refractivity contribution in [2.45, 2.75) is 0 Å². The summed E-state index contributed by atoms with van der Waals surface area (Å²) in [6, 6.07) is 5.33. The fraction of sp³-hybridized carbons (Fsp3) is 0. The molecule has 0 fully saturated rings. The number of anilines is 1. The molecule has 2 aromatic rings. The number of fused-ring (bicyclic) bond motifs is 1. The predicted octanol–water partition coefficient (Wildman–Crippen LogP) is 2.04. The highest BCUT2D eigenvalue weighted by molar-refractivity contribution is 9.10. The first-order valence-electron chi connectivity index (χ1n) is 3.47. The molecule has 2 rings (SSSR count). The first-order valence-corrected chi connectivity index (χ1v) is 4.26. The lowest BCUT2D eigenvalue weighted by molar-refractivity contribution is 0.459. The second kappa shape index (κ2) is 2.75. The molecular weight excluding hydrogens is 234 g/mol. The predicted molar refractivity (Wildman–Crippen MR) is 50.8 cm³/mol. The summed E-state index contributed by atoms with van der Waals surface area (Å²) < 4.78 is 5.63. The van der Waals surface area contributed by atoms with Gasteiger partial charge in [-0.1, -0.05) is 5.16 Å². The second-order valence-electron chi connectivity index (χ2n) is 2.51. The number of halogens is 1. The molecule has 13 heavy (non-hydrogen) atoms. The lowest BCUT2D eigenvalue weighted by Crippen LogP contribution is -1.84. The van der Waals surface area contributed by atoms with Gasteiger partial charge in [0.1, 0.15) is 0 Å².